The van der Waals surface area contributed by atoms with E-state index >= 15 is 0 Å². The molecule has 0 fully saturated rings. The molecule has 1 amide bonds. The second-order valence-corrected chi connectivity index (χ2v) is 6.30. The van der Waals surface area contributed by atoms with Crippen LogP contribution in [0, 0.1) is 0 Å². The summed E-state index contributed by atoms with van der Waals surface area (Å²) >= 11 is 1.68. The third-order valence-electron chi connectivity index (χ3n) is 2.44. The number of thiophene rings is 1. The average Bonchev–Trinajstić information content (AvgIpc) is 2.78. The van der Waals surface area contributed by atoms with Gasteiger partial charge in [0.05, 0.1) is 11.6 Å². The molecule has 0 aliphatic rings. The van der Waals surface area contributed by atoms with Crippen LogP contribution in [0.25, 0.3) is 0 Å². The summed E-state index contributed by atoms with van der Waals surface area (Å²) in [7, 11) is 0. The molecular formula is C14H23NO2S. The number of carbonyl (C=O) groups is 1. The van der Waals surface area contributed by atoms with Crippen LogP contribution >= 0.6 is 11.3 Å². The van der Waals surface area contributed by atoms with Gasteiger partial charge in [-0.2, -0.15) is 0 Å². The van der Waals surface area contributed by atoms with E-state index in [0.29, 0.717) is 0 Å². The van der Waals surface area contributed by atoms with Gasteiger partial charge < -0.3 is 10.1 Å². The van der Waals surface area contributed by atoms with Crippen LogP contribution in [0.3, 0.4) is 0 Å². The van der Waals surface area contributed by atoms with Gasteiger partial charge in [0, 0.05) is 4.88 Å². The standard InChI is InChI=1S/C14H23NO2S/c1-5-7-11(12-8-6-9-18-12)15-13(16)10-17-14(2,3)4/h6,8-9,11H,5,7,10H2,1-4H3,(H,15,16). The first-order chi connectivity index (χ1) is 8.42. The Hall–Kier alpha value is -0.870. The van der Waals surface area contributed by atoms with Crippen molar-refractivity contribution in [2.24, 2.45) is 0 Å². The molecule has 102 valence electrons. The van der Waals surface area contributed by atoms with E-state index in [1.165, 1.54) is 4.88 Å². The van der Waals surface area contributed by atoms with Crippen LogP contribution in [-0.4, -0.2) is 18.1 Å². The number of carbonyl (C=O) groups excluding carboxylic acids is 1. The summed E-state index contributed by atoms with van der Waals surface area (Å²) in [4.78, 5) is 13.0. The minimum atomic E-state index is -0.277. The van der Waals surface area contributed by atoms with E-state index in [0.717, 1.165) is 12.8 Å². The van der Waals surface area contributed by atoms with Gasteiger partial charge >= 0.3 is 0 Å². The van der Waals surface area contributed by atoms with Crippen molar-refractivity contribution < 1.29 is 9.53 Å². The molecule has 1 atom stereocenters. The van der Waals surface area contributed by atoms with Crippen molar-refractivity contribution in [3.63, 3.8) is 0 Å². The van der Waals surface area contributed by atoms with Gasteiger partial charge in [-0.25, -0.2) is 0 Å². The van der Waals surface area contributed by atoms with Crippen LogP contribution in [0.4, 0.5) is 0 Å². The first kappa shape index (κ1) is 15.2. The molecule has 0 aliphatic heterocycles. The van der Waals surface area contributed by atoms with Crippen LogP contribution in [0.5, 0.6) is 0 Å². The first-order valence-corrected chi connectivity index (χ1v) is 7.27. The van der Waals surface area contributed by atoms with E-state index in [9.17, 15) is 4.79 Å². The molecule has 0 spiro atoms. The minimum absolute atomic E-state index is 0.0447. The van der Waals surface area contributed by atoms with Gasteiger partial charge in [-0.15, -0.1) is 11.3 Å². The monoisotopic (exact) mass is 269 g/mol. The molecule has 0 bridgehead atoms. The summed E-state index contributed by atoms with van der Waals surface area (Å²) in [5.41, 5.74) is -0.277. The molecule has 0 saturated heterocycles. The zero-order valence-corrected chi connectivity index (χ0v) is 12.5. The molecule has 0 saturated carbocycles. The largest absolute Gasteiger partial charge is 0.366 e. The molecular weight excluding hydrogens is 246 g/mol. The number of ether oxygens (including phenoxy) is 1. The zero-order chi connectivity index (χ0) is 13.6. The van der Waals surface area contributed by atoms with Gasteiger partial charge in [0.25, 0.3) is 0 Å². The van der Waals surface area contributed by atoms with Crippen molar-refractivity contribution >= 4 is 17.2 Å². The molecule has 3 nitrogen and oxygen atoms in total. The van der Waals surface area contributed by atoms with Crippen LogP contribution in [-0.2, 0) is 9.53 Å². The van der Waals surface area contributed by atoms with E-state index in [4.69, 9.17) is 4.74 Å². The molecule has 1 aromatic rings. The Bertz CT molecular complexity index is 354. The predicted molar refractivity (Wildman–Crippen MR) is 75.8 cm³/mol. The van der Waals surface area contributed by atoms with E-state index in [1.807, 2.05) is 32.2 Å². The Morgan fingerprint density at radius 1 is 1.50 bits per heavy atom. The van der Waals surface area contributed by atoms with Crippen molar-refractivity contribution in [1.82, 2.24) is 5.32 Å². The fourth-order valence-corrected chi connectivity index (χ4v) is 2.39. The lowest BCUT2D eigenvalue weighted by atomic mass is 10.1. The molecule has 0 radical (unpaired) electrons. The molecule has 1 unspecified atom stereocenters. The number of amides is 1. The zero-order valence-electron chi connectivity index (χ0n) is 11.7. The summed E-state index contributed by atoms with van der Waals surface area (Å²) in [6.07, 6.45) is 2.00. The second-order valence-electron chi connectivity index (χ2n) is 5.33. The Labute approximate surface area is 114 Å². The highest BCUT2D eigenvalue weighted by atomic mass is 32.1. The van der Waals surface area contributed by atoms with Crippen LogP contribution < -0.4 is 5.32 Å². The summed E-state index contributed by atoms with van der Waals surface area (Å²) in [6.45, 7) is 8.09. The highest BCUT2D eigenvalue weighted by molar-refractivity contribution is 7.10. The average molecular weight is 269 g/mol. The highest BCUT2D eigenvalue weighted by Gasteiger charge is 2.17. The summed E-state index contributed by atoms with van der Waals surface area (Å²) in [6, 6.07) is 4.20. The fourth-order valence-electron chi connectivity index (χ4n) is 1.58. The maximum absolute atomic E-state index is 11.8. The van der Waals surface area contributed by atoms with Crippen LogP contribution in [0.1, 0.15) is 51.5 Å². The minimum Gasteiger partial charge on any atom is -0.366 e. The van der Waals surface area contributed by atoms with E-state index in [1.54, 1.807) is 11.3 Å². The summed E-state index contributed by atoms with van der Waals surface area (Å²) in [5.74, 6) is -0.0447. The number of hydrogen-bond acceptors (Lipinski definition) is 3. The van der Waals surface area contributed by atoms with Gasteiger partial charge in [-0.3, -0.25) is 4.79 Å². The Morgan fingerprint density at radius 3 is 2.72 bits per heavy atom. The number of hydrogen-bond donors (Lipinski definition) is 1. The van der Waals surface area contributed by atoms with Crippen LogP contribution in [0.15, 0.2) is 17.5 Å². The molecule has 18 heavy (non-hydrogen) atoms. The molecule has 1 rings (SSSR count). The molecule has 0 aromatic carbocycles. The first-order valence-electron chi connectivity index (χ1n) is 6.39. The SMILES string of the molecule is CCCC(NC(=O)COC(C)(C)C)c1cccs1. The predicted octanol–water partition coefficient (Wildman–Crippen LogP) is 3.52. The lowest BCUT2D eigenvalue weighted by Gasteiger charge is -2.21. The molecule has 1 N–H and O–H groups in total. The third-order valence-corrected chi connectivity index (χ3v) is 3.42. The Morgan fingerprint density at radius 2 is 2.22 bits per heavy atom. The molecule has 4 heteroatoms. The van der Waals surface area contributed by atoms with E-state index < -0.39 is 0 Å². The quantitative estimate of drug-likeness (QED) is 0.858. The maximum Gasteiger partial charge on any atom is 0.246 e. The van der Waals surface area contributed by atoms with Crippen molar-refractivity contribution in [2.75, 3.05) is 6.61 Å². The van der Waals surface area contributed by atoms with E-state index in [-0.39, 0.29) is 24.2 Å². The maximum atomic E-state index is 11.8. The van der Waals surface area contributed by atoms with Crippen molar-refractivity contribution in [2.45, 2.75) is 52.2 Å². The molecule has 1 heterocycles. The van der Waals surface area contributed by atoms with Gasteiger partial charge in [-0.05, 0) is 38.6 Å². The Kier molecular flexibility index (Phi) is 5.82. The van der Waals surface area contributed by atoms with Gasteiger partial charge in [-0.1, -0.05) is 19.4 Å². The van der Waals surface area contributed by atoms with Crippen molar-refractivity contribution in [1.29, 1.82) is 0 Å². The smallest absolute Gasteiger partial charge is 0.246 e. The normalized spacial score (nSPS) is 13.3. The second kappa shape index (κ2) is 6.90. The van der Waals surface area contributed by atoms with Crippen molar-refractivity contribution in [3.05, 3.63) is 22.4 Å². The van der Waals surface area contributed by atoms with Gasteiger partial charge in [0.2, 0.25) is 5.91 Å². The number of nitrogens with one attached hydrogen (secondary N) is 1. The summed E-state index contributed by atoms with van der Waals surface area (Å²) < 4.78 is 5.48. The van der Waals surface area contributed by atoms with Gasteiger partial charge in [0.15, 0.2) is 0 Å². The fraction of sp³-hybridized carbons (Fsp3) is 0.643. The lowest BCUT2D eigenvalue weighted by molar-refractivity contribution is -0.131. The number of rotatable bonds is 6. The Balaban J connectivity index is 2.49. The van der Waals surface area contributed by atoms with Gasteiger partial charge in [0.1, 0.15) is 6.61 Å². The lowest BCUT2D eigenvalue weighted by Crippen LogP contribution is -2.34. The highest BCUT2D eigenvalue weighted by Crippen LogP contribution is 2.23. The van der Waals surface area contributed by atoms with Crippen molar-refractivity contribution in [3.8, 4) is 0 Å². The van der Waals surface area contributed by atoms with E-state index in [2.05, 4.69) is 18.3 Å². The topological polar surface area (TPSA) is 38.3 Å². The molecule has 0 aliphatic carbocycles. The third kappa shape index (κ3) is 5.65. The molecule has 1 aromatic heterocycles. The van der Waals surface area contributed by atoms with Crippen LogP contribution in [0.2, 0.25) is 0 Å². The summed E-state index contributed by atoms with van der Waals surface area (Å²) in [5, 5.41) is 5.08.